The lowest BCUT2D eigenvalue weighted by molar-refractivity contribution is -0.129. The van der Waals surface area contributed by atoms with Gasteiger partial charge in [-0.2, -0.15) is 0 Å². The third kappa shape index (κ3) is 3.77. The molecule has 1 unspecified atom stereocenters. The first-order valence-electron chi connectivity index (χ1n) is 9.15. The summed E-state index contributed by atoms with van der Waals surface area (Å²) in [5.41, 5.74) is 1.16. The predicted molar refractivity (Wildman–Crippen MR) is 99.9 cm³/mol. The van der Waals surface area contributed by atoms with Crippen molar-refractivity contribution in [1.82, 2.24) is 15.1 Å². The van der Waals surface area contributed by atoms with E-state index in [4.69, 9.17) is 0 Å². The molecule has 1 atom stereocenters. The van der Waals surface area contributed by atoms with Gasteiger partial charge < -0.3 is 10.2 Å². The highest BCUT2D eigenvalue weighted by Gasteiger charge is 2.38. The second kappa shape index (κ2) is 7.53. The first kappa shape index (κ1) is 17.1. The Morgan fingerprint density at radius 2 is 1.96 bits per heavy atom. The van der Waals surface area contributed by atoms with Crippen LogP contribution in [-0.2, 0) is 16.0 Å². The lowest BCUT2D eigenvalue weighted by Gasteiger charge is -2.23. The van der Waals surface area contributed by atoms with Crippen molar-refractivity contribution in [3.63, 3.8) is 0 Å². The van der Waals surface area contributed by atoms with E-state index in [9.17, 15) is 9.59 Å². The van der Waals surface area contributed by atoms with Crippen molar-refractivity contribution in [2.24, 2.45) is 5.92 Å². The number of aromatic nitrogens is 2. The van der Waals surface area contributed by atoms with E-state index in [1.807, 2.05) is 35.2 Å². The molecule has 1 saturated heterocycles. The van der Waals surface area contributed by atoms with Crippen LogP contribution in [-0.4, -0.2) is 39.5 Å². The van der Waals surface area contributed by atoms with E-state index < -0.39 is 0 Å². The molecular weight excluding hydrogens is 348 g/mol. The number of carbonyl (C=O) groups is 2. The third-order valence-corrected chi connectivity index (χ3v) is 6.03. The van der Waals surface area contributed by atoms with Crippen LogP contribution < -0.4 is 5.32 Å². The average molecular weight is 370 g/mol. The number of hydrogen-bond donors (Lipinski definition) is 1. The first-order chi connectivity index (χ1) is 12.7. The van der Waals surface area contributed by atoms with Crippen molar-refractivity contribution in [3.8, 4) is 0 Å². The maximum absolute atomic E-state index is 12.5. The fourth-order valence-electron chi connectivity index (χ4n) is 3.83. The molecule has 1 aliphatic heterocycles. The van der Waals surface area contributed by atoms with Crippen molar-refractivity contribution in [3.05, 3.63) is 40.9 Å². The molecule has 1 saturated carbocycles. The van der Waals surface area contributed by atoms with Gasteiger partial charge in [0.2, 0.25) is 16.9 Å². The summed E-state index contributed by atoms with van der Waals surface area (Å²) in [5.74, 6) is -0.301. The molecule has 136 valence electrons. The zero-order valence-electron chi connectivity index (χ0n) is 14.6. The monoisotopic (exact) mass is 370 g/mol. The molecule has 1 aromatic heterocycles. The Morgan fingerprint density at radius 3 is 2.73 bits per heavy atom. The maximum atomic E-state index is 12.5. The largest absolute Gasteiger partial charge is 0.339 e. The van der Waals surface area contributed by atoms with Crippen LogP contribution in [0.3, 0.4) is 0 Å². The van der Waals surface area contributed by atoms with Gasteiger partial charge in [0.05, 0.1) is 5.92 Å². The van der Waals surface area contributed by atoms with Gasteiger partial charge in [0.15, 0.2) is 0 Å². The van der Waals surface area contributed by atoms with Gasteiger partial charge in [-0.05, 0) is 18.4 Å². The minimum Gasteiger partial charge on any atom is -0.339 e. The van der Waals surface area contributed by atoms with Gasteiger partial charge in [0.25, 0.3) is 0 Å². The molecule has 2 fully saturated rings. The summed E-state index contributed by atoms with van der Waals surface area (Å²) in [7, 11) is 0. The minimum atomic E-state index is -0.287. The number of nitrogens with zero attached hydrogens (tertiary/aromatic N) is 3. The normalized spacial score (nSPS) is 20.7. The van der Waals surface area contributed by atoms with Crippen LogP contribution in [0.1, 0.15) is 42.7 Å². The summed E-state index contributed by atoms with van der Waals surface area (Å²) in [4.78, 5) is 26.7. The molecule has 0 spiro atoms. The number of carbonyl (C=O) groups excluding carboxylic acids is 2. The molecule has 0 radical (unpaired) electrons. The van der Waals surface area contributed by atoms with Crippen molar-refractivity contribution in [2.45, 2.75) is 44.6 Å². The summed E-state index contributed by atoms with van der Waals surface area (Å²) in [6.07, 6.45) is 5.50. The fraction of sp³-hybridized carbons (Fsp3) is 0.474. The van der Waals surface area contributed by atoms with Crippen LogP contribution >= 0.6 is 11.3 Å². The molecule has 6 nitrogen and oxygen atoms in total. The number of hydrogen-bond acceptors (Lipinski definition) is 5. The van der Waals surface area contributed by atoms with Crippen LogP contribution in [0.15, 0.2) is 30.3 Å². The Kier molecular flexibility index (Phi) is 4.97. The smallest absolute Gasteiger partial charge is 0.231 e. The van der Waals surface area contributed by atoms with Gasteiger partial charge in [-0.3, -0.25) is 9.59 Å². The Balaban J connectivity index is 1.34. The van der Waals surface area contributed by atoms with Crippen molar-refractivity contribution >= 4 is 28.3 Å². The molecule has 2 aliphatic rings. The van der Waals surface area contributed by atoms with E-state index in [1.54, 1.807) is 0 Å². The molecule has 2 amide bonds. The summed E-state index contributed by atoms with van der Waals surface area (Å²) in [5, 5.41) is 12.5. The van der Waals surface area contributed by atoms with E-state index in [2.05, 4.69) is 15.5 Å². The molecule has 7 heteroatoms. The summed E-state index contributed by atoms with van der Waals surface area (Å²) in [6.45, 7) is 0.533. The summed E-state index contributed by atoms with van der Waals surface area (Å²) < 4.78 is 0. The summed E-state index contributed by atoms with van der Waals surface area (Å²) >= 11 is 1.39. The Morgan fingerprint density at radius 1 is 1.19 bits per heavy atom. The lowest BCUT2D eigenvalue weighted by Crippen LogP contribution is -2.35. The number of anilines is 1. The van der Waals surface area contributed by atoms with Gasteiger partial charge in [0.1, 0.15) is 5.01 Å². The van der Waals surface area contributed by atoms with Crippen LogP contribution in [0, 0.1) is 5.92 Å². The minimum absolute atomic E-state index is 0.110. The molecule has 1 aliphatic carbocycles. The molecule has 0 bridgehead atoms. The lowest BCUT2D eigenvalue weighted by atomic mass is 10.1. The zero-order chi connectivity index (χ0) is 17.9. The van der Waals surface area contributed by atoms with Gasteiger partial charge in [-0.15, -0.1) is 10.2 Å². The third-order valence-electron chi connectivity index (χ3n) is 5.19. The molecule has 1 N–H and O–H groups in total. The molecule has 2 heterocycles. The summed E-state index contributed by atoms with van der Waals surface area (Å²) in [6, 6.07) is 10.4. The Bertz CT molecular complexity index is 786. The Hall–Kier alpha value is -2.28. The van der Waals surface area contributed by atoms with Crippen LogP contribution in [0.2, 0.25) is 0 Å². The van der Waals surface area contributed by atoms with Gasteiger partial charge in [-0.1, -0.05) is 54.5 Å². The number of nitrogens with one attached hydrogen (secondary N) is 1. The molecule has 4 rings (SSSR count). The first-order valence-corrected chi connectivity index (χ1v) is 9.97. The second-order valence-corrected chi connectivity index (χ2v) is 8.10. The standard InChI is InChI=1S/C19H22N4O2S/c24-17-11-14(12-23(17)15-8-4-5-9-15)18(25)20-19-22-21-16(26-19)10-13-6-2-1-3-7-13/h1-3,6-7,14-15H,4-5,8-12H2,(H,20,22,25). The molecule has 1 aromatic carbocycles. The van der Waals surface area contributed by atoms with Crippen LogP contribution in [0.5, 0.6) is 0 Å². The number of benzene rings is 1. The van der Waals surface area contributed by atoms with Gasteiger partial charge in [0, 0.05) is 25.4 Å². The zero-order valence-corrected chi connectivity index (χ0v) is 15.4. The van der Waals surface area contributed by atoms with Crippen LogP contribution in [0.4, 0.5) is 5.13 Å². The van der Waals surface area contributed by atoms with E-state index in [0.29, 0.717) is 30.6 Å². The predicted octanol–water partition coefficient (Wildman–Crippen LogP) is 2.86. The maximum Gasteiger partial charge on any atom is 0.231 e. The number of rotatable bonds is 5. The molecule has 26 heavy (non-hydrogen) atoms. The fourth-order valence-corrected chi connectivity index (χ4v) is 4.61. The van der Waals surface area contributed by atoms with E-state index >= 15 is 0 Å². The van der Waals surface area contributed by atoms with E-state index in [0.717, 1.165) is 23.4 Å². The number of likely N-dealkylation sites (tertiary alicyclic amines) is 1. The topological polar surface area (TPSA) is 75.2 Å². The molecule has 2 aromatic rings. The van der Waals surface area contributed by atoms with Gasteiger partial charge >= 0.3 is 0 Å². The highest BCUT2D eigenvalue weighted by molar-refractivity contribution is 7.15. The van der Waals surface area contributed by atoms with Crippen molar-refractivity contribution < 1.29 is 9.59 Å². The SMILES string of the molecule is O=C(Nc1nnc(Cc2ccccc2)s1)C1CC(=O)N(C2CCCC2)C1. The Labute approximate surface area is 156 Å². The number of amides is 2. The quantitative estimate of drug-likeness (QED) is 0.878. The van der Waals surface area contributed by atoms with Gasteiger partial charge in [-0.25, -0.2) is 0 Å². The highest BCUT2D eigenvalue weighted by Crippen LogP contribution is 2.30. The second-order valence-electron chi connectivity index (χ2n) is 7.04. The van der Waals surface area contributed by atoms with Crippen LogP contribution in [0.25, 0.3) is 0 Å². The van der Waals surface area contributed by atoms with Crippen molar-refractivity contribution in [2.75, 3.05) is 11.9 Å². The average Bonchev–Trinajstić information content (AvgIpc) is 3.37. The van der Waals surface area contributed by atoms with E-state index in [-0.39, 0.29) is 17.7 Å². The van der Waals surface area contributed by atoms with Crippen molar-refractivity contribution in [1.29, 1.82) is 0 Å². The van der Waals surface area contributed by atoms with E-state index in [1.165, 1.54) is 24.2 Å². The highest BCUT2D eigenvalue weighted by atomic mass is 32.1. The molecular formula is C19H22N4O2S.